The summed E-state index contributed by atoms with van der Waals surface area (Å²) in [5.74, 6) is 0.866. The van der Waals surface area contributed by atoms with Crippen LogP contribution in [0.5, 0.6) is 5.88 Å². The Morgan fingerprint density at radius 3 is 2.46 bits per heavy atom. The molecule has 1 aromatic heterocycles. The first-order valence-electron chi connectivity index (χ1n) is 9.57. The molecule has 1 heterocycles. The Balaban J connectivity index is 1.79. The van der Waals surface area contributed by atoms with Crippen LogP contribution in [0.25, 0.3) is 0 Å². The highest BCUT2D eigenvalue weighted by Crippen LogP contribution is 2.42. The number of aromatic nitrogens is 2. The third-order valence-electron chi connectivity index (χ3n) is 5.34. The first-order chi connectivity index (χ1) is 12.5. The average Bonchev–Trinajstić information content (AvgIpc) is 3.57. The molecule has 0 aliphatic heterocycles. The van der Waals surface area contributed by atoms with Crippen LogP contribution in [0.4, 0.5) is 0 Å². The Labute approximate surface area is 154 Å². The van der Waals surface area contributed by atoms with E-state index in [1.807, 2.05) is 13.8 Å². The van der Waals surface area contributed by atoms with E-state index in [1.54, 1.807) is 7.05 Å². The van der Waals surface area contributed by atoms with E-state index < -0.39 is 11.4 Å². The van der Waals surface area contributed by atoms with Crippen molar-refractivity contribution < 1.29 is 14.3 Å². The van der Waals surface area contributed by atoms with E-state index >= 15 is 0 Å². The second kappa shape index (κ2) is 7.60. The molecular formula is C19H28N4O3. The molecule has 1 aromatic rings. The van der Waals surface area contributed by atoms with Crippen molar-refractivity contribution in [2.45, 2.75) is 63.8 Å². The number of hydrogen-bond donors (Lipinski definition) is 2. The van der Waals surface area contributed by atoms with Crippen molar-refractivity contribution in [1.29, 1.82) is 0 Å². The fourth-order valence-corrected chi connectivity index (χ4v) is 3.04. The third kappa shape index (κ3) is 3.97. The van der Waals surface area contributed by atoms with Crippen molar-refractivity contribution in [1.82, 2.24) is 20.6 Å². The Kier molecular flexibility index (Phi) is 5.44. The van der Waals surface area contributed by atoms with Crippen LogP contribution >= 0.6 is 0 Å². The highest BCUT2D eigenvalue weighted by atomic mass is 16.5. The number of carbonyl (C=O) groups is 2. The molecule has 0 aromatic carbocycles. The van der Waals surface area contributed by atoms with Gasteiger partial charge in [-0.2, -0.15) is 0 Å². The normalized spacial score (nSPS) is 16.9. The van der Waals surface area contributed by atoms with Crippen molar-refractivity contribution in [2.24, 2.45) is 5.92 Å². The Morgan fingerprint density at radius 1 is 1.23 bits per heavy atom. The van der Waals surface area contributed by atoms with Gasteiger partial charge in [-0.1, -0.05) is 13.8 Å². The molecule has 0 saturated heterocycles. The SMILES string of the molecule is CCC(CC)(NC(=O)c1cnc(C2CC2)c(OCC2CC2)n1)C(=O)NC. The van der Waals surface area contributed by atoms with E-state index in [4.69, 9.17) is 4.74 Å². The van der Waals surface area contributed by atoms with E-state index in [1.165, 1.54) is 19.0 Å². The van der Waals surface area contributed by atoms with Crippen molar-refractivity contribution in [3.05, 3.63) is 17.6 Å². The Bertz CT molecular complexity index is 679. The van der Waals surface area contributed by atoms with Gasteiger partial charge in [0.2, 0.25) is 11.8 Å². The van der Waals surface area contributed by atoms with Crippen molar-refractivity contribution >= 4 is 11.8 Å². The Morgan fingerprint density at radius 2 is 1.92 bits per heavy atom. The van der Waals surface area contributed by atoms with Gasteiger partial charge in [-0.05, 0) is 44.4 Å². The largest absolute Gasteiger partial charge is 0.476 e. The number of hydrogen-bond acceptors (Lipinski definition) is 5. The summed E-state index contributed by atoms with van der Waals surface area (Å²) >= 11 is 0. The lowest BCUT2D eigenvalue weighted by molar-refractivity contribution is -0.127. The van der Waals surface area contributed by atoms with Gasteiger partial charge < -0.3 is 15.4 Å². The molecule has 142 valence electrons. The van der Waals surface area contributed by atoms with E-state index in [2.05, 4.69) is 20.6 Å². The fourth-order valence-electron chi connectivity index (χ4n) is 3.04. The minimum absolute atomic E-state index is 0.190. The highest BCUT2D eigenvalue weighted by molar-refractivity contribution is 5.97. The smallest absolute Gasteiger partial charge is 0.272 e. The topological polar surface area (TPSA) is 93.2 Å². The lowest BCUT2D eigenvalue weighted by Crippen LogP contribution is -2.57. The zero-order valence-corrected chi connectivity index (χ0v) is 15.8. The van der Waals surface area contributed by atoms with Gasteiger partial charge in [0.1, 0.15) is 11.2 Å². The van der Waals surface area contributed by atoms with Crippen LogP contribution in [-0.4, -0.2) is 41.0 Å². The summed E-state index contributed by atoms with van der Waals surface area (Å²) in [5, 5.41) is 5.49. The van der Waals surface area contributed by atoms with E-state index in [-0.39, 0.29) is 11.6 Å². The molecule has 26 heavy (non-hydrogen) atoms. The number of rotatable bonds is 9. The van der Waals surface area contributed by atoms with Gasteiger partial charge in [-0.25, -0.2) is 4.98 Å². The lowest BCUT2D eigenvalue weighted by atomic mass is 9.91. The van der Waals surface area contributed by atoms with Gasteiger partial charge in [0, 0.05) is 13.0 Å². The molecule has 2 amide bonds. The number of carbonyl (C=O) groups excluding carboxylic acids is 2. The predicted octanol–water partition coefficient (Wildman–Crippen LogP) is 2.18. The van der Waals surface area contributed by atoms with Crippen LogP contribution in [0.2, 0.25) is 0 Å². The third-order valence-corrected chi connectivity index (χ3v) is 5.34. The monoisotopic (exact) mass is 360 g/mol. The summed E-state index contributed by atoms with van der Waals surface area (Å²) in [6.07, 6.45) is 7.03. The second-order valence-corrected chi connectivity index (χ2v) is 7.30. The first kappa shape index (κ1) is 18.6. The van der Waals surface area contributed by atoms with E-state index in [0.29, 0.717) is 37.2 Å². The standard InChI is InChI=1S/C19H28N4O3/c1-4-19(5-2,18(25)20-3)23-16(24)14-10-21-15(13-8-9-13)17(22-14)26-11-12-6-7-12/h10,12-13H,4-9,11H2,1-3H3,(H,20,25)(H,23,24). The van der Waals surface area contributed by atoms with E-state index in [9.17, 15) is 9.59 Å². The molecule has 0 unspecified atom stereocenters. The molecule has 0 radical (unpaired) electrons. The van der Waals surface area contributed by atoms with Gasteiger partial charge >= 0.3 is 0 Å². The maximum atomic E-state index is 12.7. The molecule has 3 rings (SSSR count). The number of nitrogens with zero attached hydrogens (tertiary/aromatic N) is 2. The zero-order valence-electron chi connectivity index (χ0n) is 15.8. The van der Waals surface area contributed by atoms with Crippen molar-refractivity contribution in [2.75, 3.05) is 13.7 Å². The van der Waals surface area contributed by atoms with Crippen molar-refractivity contribution in [3.63, 3.8) is 0 Å². The second-order valence-electron chi connectivity index (χ2n) is 7.30. The maximum Gasteiger partial charge on any atom is 0.272 e. The summed E-state index contributed by atoms with van der Waals surface area (Å²) < 4.78 is 5.87. The van der Waals surface area contributed by atoms with Gasteiger partial charge in [0.05, 0.1) is 12.8 Å². The highest BCUT2D eigenvalue weighted by Gasteiger charge is 2.37. The average molecular weight is 360 g/mol. The van der Waals surface area contributed by atoms with Gasteiger partial charge in [0.25, 0.3) is 5.91 Å². The molecule has 2 aliphatic rings. The molecule has 2 saturated carbocycles. The maximum absolute atomic E-state index is 12.7. The minimum atomic E-state index is -0.947. The first-order valence-corrected chi connectivity index (χ1v) is 9.57. The number of likely N-dealkylation sites (N-methyl/N-ethyl adjacent to an activating group) is 1. The molecule has 7 heteroatoms. The fraction of sp³-hybridized carbons (Fsp3) is 0.684. The van der Waals surface area contributed by atoms with Crippen LogP contribution in [0.15, 0.2) is 6.20 Å². The van der Waals surface area contributed by atoms with Crippen LogP contribution in [-0.2, 0) is 4.79 Å². The minimum Gasteiger partial charge on any atom is -0.476 e. The molecule has 0 atom stereocenters. The zero-order chi connectivity index (χ0) is 18.7. The van der Waals surface area contributed by atoms with Gasteiger partial charge in [-0.15, -0.1) is 0 Å². The van der Waals surface area contributed by atoms with Gasteiger partial charge in [-0.3, -0.25) is 14.6 Å². The quantitative estimate of drug-likeness (QED) is 0.704. The molecule has 2 fully saturated rings. The molecular weight excluding hydrogens is 332 g/mol. The number of ether oxygens (including phenoxy) is 1. The van der Waals surface area contributed by atoms with Crippen molar-refractivity contribution in [3.8, 4) is 5.88 Å². The molecule has 0 bridgehead atoms. The summed E-state index contributed by atoms with van der Waals surface area (Å²) in [5.41, 5.74) is 0.0960. The number of amides is 2. The molecule has 0 spiro atoms. The summed E-state index contributed by atoms with van der Waals surface area (Å²) in [7, 11) is 1.57. The summed E-state index contributed by atoms with van der Waals surface area (Å²) in [4.78, 5) is 33.9. The lowest BCUT2D eigenvalue weighted by Gasteiger charge is -2.30. The van der Waals surface area contributed by atoms with E-state index in [0.717, 1.165) is 18.5 Å². The predicted molar refractivity (Wildman–Crippen MR) is 97.1 cm³/mol. The Hall–Kier alpha value is -2.18. The van der Waals surface area contributed by atoms with Crippen LogP contribution in [0.1, 0.15) is 74.5 Å². The summed E-state index contributed by atoms with van der Waals surface area (Å²) in [6.45, 7) is 4.39. The van der Waals surface area contributed by atoms with Crippen LogP contribution < -0.4 is 15.4 Å². The number of nitrogens with one attached hydrogen (secondary N) is 2. The molecule has 2 aliphatic carbocycles. The molecule has 7 nitrogen and oxygen atoms in total. The molecule has 2 N–H and O–H groups in total. The van der Waals surface area contributed by atoms with Crippen LogP contribution in [0.3, 0.4) is 0 Å². The van der Waals surface area contributed by atoms with Crippen LogP contribution in [0, 0.1) is 5.92 Å². The van der Waals surface area contributed by atoms with Gasteiger partial charge in [0.15, 0.2) is 5.69 Å². The summed E-state index contributed by atoms with van der Waals surface area (Å²) in [6, 6.07) is 0.